The van der Waals surface area contributed by atoms with Crippen LogP contribution in [0.3, 0.4) is 0 Å². The van der Waals surface area contributed by atoms with E-state index in [2.05, 4.69) is 0 Å². The molecule has 1 aliphatic rings. The van der Waals surface area contributed by atoms with Crippen molar-refractivity contribution in [2.45, 2.75) is 19.3 Å². The highest BCUT2D eigenvalue weighted by atomic mass is 35.5. The largest absolute Gasteiger partial charge is 0.493 e. The summed E-state index contributed by atoms with van der Waals surface area (Å²) in [7, 11) is 0. The summed E-state index contributed by atoms with van der Waals surface area (Å²) in [6.45, 7) is 0.854. The van der Waals surface area contributed by atoms with Gasteiger partial charge in [-0.2, -0.15) is 0 Å². The summed E-state index contributed by atoms with van der Waals surface area (Å²) in [5, 5.41) is 0.535. The number of carbonyl (C=O) groups excluding carboxylic acids is 2. The van der Waals surface area contributed by atoms with Crippen molar-refractivity contribution < 1.29 is 23.1 Å². The van der Waals surface area contributed by atoms with E-state index in [1.54, 1.807) is 24.3 Å². The number of nitrogens with two attached hydrogens (primary N) is 1. The maximum atomic E-state index is 13.9. The molecule has 29 heavy (non-hydrogen) atoms. The first-order valence-electron chi connectivity index (χ1n) is 9.19. The molecule has 1 saturated heterocycles. The zero-order valence-corrected chi connectivity index (χ0v) is 16.4. The van der Waals surface area contributed by atoms with Gasteiger partial charge in [-0.15, -0.1) is 0 Å². The molecule has 0 spiro atoms. The zero-order valence-electron chi connectivity index (χ0n) is 15.7. The minimum absolute atomic E-state index is 0.112. The number of likely N-dealkylation sites (tertiary alicyclic amines) is 1. The van der Waals surface area contributed by atoms with Gasteiger partial charge in [0, 0.05) is 36.0 Å². The molecule has 2 N–H and O–H groups in total. The lowest BCUT2D eigenvalue weighted by Gasteiger charge is -2.41. The average Bonchev–Trinajstić information content (AvgIpc) is 2.66. The molecule has 0 atom stereocenters. The summed E-state index contributed by atoms with van der Waals surface area (Å²) >= 11 is 5.97. The van der Waals surface area contributed by atoms with Gasteiger partial charge < -0.3 is 15.4 Å². The maximum Gasteiger partial charge on any atom is 0.256 e. The lowest BCUT2D eigenvalue weighted by atomic mass is 9.76. The van der Waals surface area contributed by atoms with Crippen molar-refractivity contribution >= 4 is 23.4 Å². The summed E-state index contributed by atoms with van der Waals surface area (Å²) < 4.78 is 32.9. The maximum absolute atomic E-state index is 13.9. The second kappa shape index (κ2) is 8.78. The van der Waals surface area contributed by atoms with Crippen molar-refractivity contribution in [3.8, 4) is 5.75 Å². The monoisotopic (exact) mass is 422 g/mol. The fraction of sp³-hybridized carbons (Fsp3) is 0.333. The average molecular weight is 423 g/mol. The van der Waals surface area contributed by atoms with Crippen LogP contribution < -0.4 is 10.5 Å². The number of halogens is 3. The molecule has 5 nitrogen and oxygen atoms in total. The number of benzene rings is 2. The SMILES string of the molecule is NC(=O)CC1(COc2cccc(Cl)c2)CCN(C(=O)c2ccc(F)cc2F)CC1. The van der Waals surface area contributed by atoms with Gasteiger partial charge in [0.1, 0.15) is 17.4 Å². The summed E-state index contributed by atoms with van der Waals surface area (Å²) in [5.41, 5.74) is 4.73. The van der Waals surface area contributed by atoms with Gasteiger partial charge in [-0.1, -0.05) is 17.7 Å². The van der Waals surface area contributed by atoms with E-state index in [9.17, 15) is 18.4 Å². The van der Waals surface area contributed by atoms with Gasteiger partial charge in [0.2, 0.25) is 5.91 Å². The third-order valence-corrected chi connectivity index (χ3v) is 5.40. The topological polar surface area (TPSA) is 72.6 Å². The third-order valence-electron chi connectivity index (χ3n) is 5.16. The van der Waals surface area contributed by atoms with E-state index in [4.69, 9.17) is 22.1 Å². The van der Waals surface area contributed by atoms with Crippen LogP contribution in [0.25, 0.3) is 0 Å². The van der Waals surface area contributed by atoms with Crippen LogP contribution in [0.5, 0.6) is 5.75 Å². The lowest BCUT2D eigenvalue weighted by Crippen LogP contribution is -2.47. The molecule has 1 aliphatic heterocycles. The Morgan fingerprint density at radius 3 is 2.48 bits per heavy atom. The second-order valence-electron chi connectivity index (χ2n) is 7.31. The number of carbonyl (C=O) groups is 2. The highest BCUT2D eigenvalue weighted by Gasteiger charge is 2.38. The van der Waals surface area contributed by atoms with Crippen molar-refractivity contribution in [1.82, 2.24) is 4.90 Å². The highest BCUT2D eigenvalue weighted by Crippen LogP contribution is 2.36. The standard InChI is InChI=1S/C21H21ClF2N2O3/c22-14-2-1-3-16(10-14)29-13-21(12-19(25)27)6-8-26(9-7-21)20(28)17-5-4-15(23)11-18(17)24/h1-5,10-11H,6-9,12-13H2,(H2,25,27). The molecule has 0 aliphatic carbocycles. The van der Waals surface area contributed by atoms with Crippen molar-refractivity contribution in [3.05, 3.63) is 64.7 Å². The fourth-order valence-electron chi connectivity index (χ4n) is 3.55. The van der Waals surface area contributed by atoms with Gasteiger partial charge in [0.05, 0.1) is 12.2 Å². The van der Waals surface area contributed by atoms with E-state index < -0.39 is 28.9 Å². The van der Waals surface area contributed by atoms with Crippen molar-refractivity contribution in [1.29, 1.82) is 0 Å². The molecular weight excluding hydrogens is 402 g/mol. The van der Waals surface area contributed by atoms with Crippen LogP contribution in [-0.4, -0.2) is 36.4 Å². The van der Waals surface area contributed by atoms with Gasteiger partial charge >= 0.3 is 0 Å². The summed E-state index contributed by atoms with van der Waals surface area (Å²) in [5.74, 6) is -2.02. The molecular formula is C21H21ClF2N2O3. The van der Waals surface area contributed by atoms with Crippen LogP contribution in [0.2, 0.25) is 5.02 Å². The number of hydrogen-bond acceptors (Lipinski definition) is 3. The minimum Gasteiger partial charge on any atom is -0.493 e. The van der Waals surface area contributed by atoms with Crippen LogP contribution in [0, 0.1) is 17.0 Å². The quantitative estimate of drug-likeness (QED) is 0.769. The first-order chi connectivity index (χ1) is 13.8. The lowest BCUT2D eigenvalue weighted by molar-refractivity contribution is -0.121. The van der Waals surface area contributed by atoms with Gasteiger partial charge in [0.25, 0.3) is 5.91 Å². The van der Waals surface area contributed by atoms with Crippen LogP contribution >= 0.6 is 11.6 Å². The van der Waals surface area contributed by atoms with Crippen molar-refractivity contribution in [2.75, 3.05) is 19.7 Å². The molecule has 8 heteroatoms. The first kappa shape index (κ1) is 21.0. The molecule has 0 saturated carbocycles. The molecule has 0 aromatic heterocycles. The molecule has 3 rings (SSSR count). The van der Waals surface area contributed by atoms with Gasteiger partial charge in [-0.3, -0.25) is 9.59 Å². The van der Waals surface area contributed by atoms with Crippen LogP contribution in [0.15, 0.2) is 42.5 Å². The Morgan fingerprint density at radius 2 is 1.86 bits per heavy atom. The highest BCUT2D eigenvalue weighted by molar-refractivity contribution is 6.30. The number of primary amides is 1. The Balaban J connectivity index is 1.68. The van der Waals surface area contributed by atoms with E-state index in [0.29, 0.717) is 42.8 Å². The van der Waals surface area contributed by atoms with E-state index in [0.717, 1.165) is 12.1 Å². The Labute approximate surface area is 172 Å². The van der Waals surface area contributed by atoms with E-state index in [-0.39, 0.29) is 18.6 Å². The van der Waals surface area contributed by atoms with Crippen LogP contribution in [0.4, 0.5) is 8.78 Å². The van der Waals surface area contributed by atoms with Crippen molar-refractivity contribution in [2.24, 2.45) is 11.1 Å². The Morgan fingerprint density at radius 1 is 1.14 bits per heavy atom. The van der Waals surface area contributed by atoms with E-state index >= 15 is 0 Å². The molecule has 154 valence electrons. The number of rotatable bonds is 6. The van der Waals surface area contributed by atoms with Crippen LogP contribution in [0.1, 0.15) is 29.6 Å². The van der Waals surface area contributed by atoms with Gasteiger partial charge in [-0.25, -0.2) is 8.78 Å². The Hall–Kier alpha value is -2.67. The third kappa shape index (κ3) is 5.23. The second-order valence-corrected chi connectivity index (χ2v) is 7.74. The zero-order chi connectivity index (χ0) is 21.0. The van der Waals surface area contributed by atoms with Crippen LogP contribution in [-0.2, 0) is 4.79 Å². The number of ether oxygens (including phenoxy) is 1. The normalized spacial score (nSPS) is 15.8. The summed E-state index contributed by atoms with van der Waals surface area (Å²) in [6.07, 6.45) is 1.04. The molecule has 0 radical (unpaired) electrons. The number of nitrogens with zero attached hydrogens (tertiary/aromatic N) is 1. The smallest absolute Gasteiger partial charge is 0.256 e. The summed E-state index contributed by atoms with van der Waals surface area (Å²) in [6, 6.07) is 9.81. The molecule has 1 heterocycles. The van der Waals surface area contributed by atoms with Gasteiger partial charge in [0.15, 0.2) is 0 Å². The number of hydrogen-bond donors (Lipinski definition) is 1. The van der Waals surface area contributed by atoms with Crippen molar-refractivity contribution in [3.63, 3.8) is 0 Å². The fourth-order valence-corrected chi connectivity index (χ4v) is 3.73. The first-order valence-corrected chi connectivity index (χ1v) is 9.57. The molecule has 0 unspecified atom stereocenters. The Kier molecular flexibility index (Phi) is 6.37. The molecule has 1 fully saturated rings. The molecule has 2 aromatic carbocycles. The molecule has 2 aromatic rings. The molecule has 2 amide bonds. The number of amides is 2. The van der Waals surface area contributed by atoms with E-state index in [1.807, 2.05) is 0 Å². The predicted octanol–water partition coefficient (Wildman–Crippen LogP) is 3.80. The summed E-state index contributed by atoms with van der Waals surface area (Å²) in [4.78, 5) is 25.7. The van der Waals surface area contributed by atoms with E-state index in [1.165, 1.54) is 4.90 Å². The van der Waals surface area contributed by atoms with Gasteiger partial charge in [-0.05, 0) is 43.2 Å². The Bertz CT molecular complexity index is 915. The molecule has 0 bridgehead atoms. The number of piperidine rings is 1. The minimum atomic E-state index is -0.895. The predicted molar refractivity (Wildman–Crippen MR) is 105 cm³/mol.